The first-order valence-electron chi connectivity index (χ1n) is 10.9. The molecule has 1 amide bonds. The van der Waals surface area contributed by atoms with Crippen molar-refractivity contribution < 1.29 is 17.9 Å². The molecule has 172 valence electrons. The molecule has 2 aliphatic heterocycles. The average molecular weight is 478 g/mol. The van der Waals surface area contributed by atoms with E-state index in [0.717, 1.165) is 32.5 Å². The number of carbonyl (C=O) groups is 1. The fraction of sp³-hybridized carbons (Fsp3) is 0.435. The van der Waals surface area contributed by atoms with Gasteiger partial charge in [-0.3, -0.25) is 9.69 Å². The van der Waals surface area contributed by atoms with Gasteiger partial charge in [-0.2, -0.15) is 4.31 Å². The maximum Gasteiger partial charge on any atom is 0.260 e. The monoisotopic (exact) mass is 477 g/mol. The van der Waals surface area contributed by atoms with Crippen molar-refractivity contribution in [2.45, 2.75) is 24.3 Å². The highest BCUT2D eigenvalue weighted by atomic mass is 35.5. The van der Waals surface area contributed by atoms with Crippen LogP contribution in [0.15, 0.2) is 53.4 Å². The van der Waals surface area contributed by atoms with E-state index in [1.807, 2.05) is 18.2 Å². The molecule has 0 radical (unpaired) electrons. The average Bonchev–Trinajstić information content (AvgIpc) is 3.35. The van der Waals surface area contributed by atoms with Crippen LogP contribution >= 0.6 is 11.6 Å². The molecule has 0 aromatic heterocycles. The number of amides is 1. The third-order valence-electron chi connectivity index (χ3n) is 5.93. The zero-order valence-electron chi connectivity index (χ0n) is 18.0. The van der Waals surface area contributed by atoms with E-state index in [0.29, 0.717) is 31.9 Å². The number of piperazine rings is 1. The number of ether oxygens (including phenoxy) is 1. The molecule has 2 heterocycles. The summed E-state index contributed by atoms with van der Waals surface area (Å²) in [5.41, 5.74) is 1.26. The van der Waals surface area contributed by atoms with E-state index in [-0.39, 0.29) is 22.4 Å². The van der Waals surface area contributed by atoms with Gasteiger partial charge in [0, 0.05) is 45.8 Å². The topological polar surface area (TPSA) is 70.2 Å². The Morgan fingerprint density at radius 3 is 2.28 bits per heavy atom. The van der Waals surface area contributed by atoms with Crippen molar-refractivity contribution in [1.29, 1.82) is 0 Å². The second-order valence-electron chi connectivity index (χ2n) is 8.13. The number of rotatable bonds is 7. The maximum atomic E-state index is 12.7. The highest BCUT2D eigenvalue weighted by Gasteiger charge is 2.28. The van der Waals surface area contributed by atoms with Crippen LogP contribution in [0, 0.1) is 0 Å². The van der Waals surface area contributed by atoms with Gasteiger partial charge in [-0.1, -0.05) is 41.9 Å². The lowest BCUT2D eigenvalue weighted by molar-refractivity contribution is -0.135. The van der Waals surface area contributed by atoms with Gasteiger partial charge >= 0.3 is 0 Å². The summed E-state index contributed by atoms with van der Waals surface area (Å²) in [5, 5.41) is 0.186. The van der Waals surface area contributed by atoms with E-state index in [1.165, 1.54) is 28.1 Å². The lowest BCUT2D eigenvalue weighted by atomic mass is 10.2. The summed E-state index contributed by atoms with van der Waals surface area (Å²) in [6.45, 7) is 4.73. The predicted octanol–water partition coefficient (Wildman–Crippen LogP) is 2.85. The maximum absolute atomic E-state index is 12.7. The van der Waals surface area contributed by atoms with Crippen LogP contribution in [0.5, 0.6) is 5.75 Å². The molecule has 0 atom stereocenters. The second kappa shape index (κ2) is 10.2. The Morgan fingerprint density at radius 1 is 0.938 bits per heavy atom. The van der Waals surface area contributed by atoms with Gasteiger partial charge in [-0.05, 0) is 36.6 Å². The third kappa shape index (κ3) is 5.43. The van der Waals surface area contributed by atoms with E-state index in [9.17, 15) is 13.2 Å². The number of nitrogens with zero attached hydrogens (tertiary/aromatic N) is 3. The quantitative estimate of drug-likeness (QED) is 0.613. The summed E-state index contributed by atoms with van der Waals surface area (Å²) < 4.78 is 32.4. The van der Waals surface area contributed by atoms with Gasteiger partial charge in [-0.15, -0.1) is 0 Å². The number of hydrogen-bond acceptors (Lipinski definition) is 5. The Hall–Kier alpha value is -2.13. The van der Waals surface area contributed by atoms with Crippen LogP contribution in [0.25, 0.3) is 0 Å². The first-order chi connectivity index (χ1) is 15.4. The smallest absolute Gasteiger partial charge is 0.260 e. The minimum Gasteiger partial charge on any atom is -0.482 e. The molecule has 2 aromatic carbocycles. The molecule has 7 nitrogen and oxygen atoms in total. The van der Waals surface area contributed by atoms with E-state index < -0.39 is 10.0 Å². The lowest BCUT2D eigenvalue weighted by Gasteiger charge is -2.34. The molecular formula is C23H28ClN3O4S. The highest BCUT2D eigenvalue weighted by Crippen LogP contribution is 2.30. The number of benzene rings is 2. The Morgan fingerprint density at radius 2 is 1.62 bits per heavy atom. The Labute approximate surface area is 194 Å². The van der Waals surface area contributed by atoms with Gasteiger partial charge in [0.15, 0.2) is 6.61 Å². The normalized spacial score (nSPS) is 18.1. The molecule has 9 heteroatoms. The van der Waals surface area contributed by atoms with Gasteiger partial charge in [0.25, 0.3) is 5.91 Å². The Balaban J connectivity index is 1.28. The minimum absolute atomic E-state index is 0.103. The predicted molar refractivity (Wildman–Crippen MR) is 123 cm³/mol. The van der Waals surface area contributed by atoms with Crippen LogP contribution in [0.4, 0.5) is 0 Å². The van der Waals surface area contributed by atoms with Crippen molar-refractivity contribution in [2.75, 3.05) is 45.9 Å². The highest BCUT2D eigenvalue weighted by molar-refractivity contribution is 7.89. The Kier molecular flexibility index (Phi) is 7.35. The van der Waals surface area contributed by atoms with Gasteiger partial charge < -0.3 is 9.64 Å². The lowest BCUT2D eigenvalue weighted by Crippen LogP contribution is -2.49. The molecule has 0 N–H and O–H groups in total. The van der Waals surface area contributed by atoms with Crippen molar-refractivity contribution >= 4 is 27.5 Å². The van der Waals surface area contributed by atoms with Crippen molar-refractivity contribution in [3.8, 4) is 5.75 Å². The van der Waals surface area contributed by atoms with Crippen LogP contribution in [0.3, 0.4) is 0 Å². The molecule has 2 fully saturated rings. The zero-order valence-corrected chi connectivity index (χ0v) is 19.5. The summed E-state index contributed by atoms with van der Waals surface area (Å²) in [6.07, 6.45) is 1.74. The molecular weight excluding hydrogens is 450 g/mol. The van der Waals surface area contributed by atoms with Gasteiger partial charge in [-0.25, -0.2) is 8.42 Å². The number of sulfonamides is 1. The summed E-state index contributed by atoms with van der Waals surface area (Å²) >= 11 is 6.27. The van der Waals surface area contributed by atoms with E-state index in [4.69, 9.17) is 16.3 Å². The summed E-state index contributed by atoms with van der Waals surface area (Å²) in [4.78, 5) is 16.9. The third-order valence-corrected chi connectivity index (χ3v) is 8.12. The summed E-state index contributed by atoms with van der Waals surface area (Å²) in [7, 11) is -3.54. The number of hydrogen-bond donors (Lipinski definition) is 0. The van der Waals surface area contributed by atoms with Crippen LogP contribution in [0.1, 0.15) is 18.4 Å². The van der Waals surface area contributed by atoms with Crippen LogP contribution in [0.2, 0.25) is 5.02 Å². The van der Waals surface area contributed by atoms with Gasteiger partial charge in [0.2, 0.25) is 10.0 Å². The molecule has 0 bridgehead atoms. The summed E-state index contributed by atoms with van der Waals surface area (Å²) in [6, 6.07) is 14.7. The van der Waals surface area contributed by atoms with Crippen LogP contribution in [-0.2, 0) is 21.4 Å². The van der Waals surface area contributed by atoms with Gasteiger partial charge in [0.1, 0.15) is 5.75 Å². The first-order valence-corrected chi connectivity index (χ1v) is 12.7. The van der Waals surface area contributed by atoms with Crippen molar-refractivity contribution in [3.05, 3.63) is 59.1 Å². The van der Waals surface area contributed by atoms with Crippen LogP contribution < -0.4 is 4.74 Å². The molecule has 0 saturated carbocycles. The largest absolute Gasteiger partial charge is 0.482 e. The molecule has 2 saturated heterocycles. The van der Waals surface area contributed by atoms with E-state index >= 15 is 0 Å². The number of carbonyl (C=O) groups excluding carboxylic acids is 1. The second-order valence-corrected chi connectivity index (χ2v) is 10.5. The fourth-order valence-electron chi connectivity index (χ4n) is 4.06. The summed E-state index contributed by atoms with van der Waals surface area (Å²) in [5.74, 6) is 0.206. The fourth-order valence-corrected chi connectivity index (χ4v) is 5.91. The standard InChI is InChI=1S/C23H28ClN3O4S/c24-21-16-20(32(29,30)27-10-4-5-11-27)8-9-22(21)31-18-23(28)26-14-12-25(13-15-26)17-19-6-2-1-3-7-19/h1-3,6-9,16H,4-5,10-15,17-18H2. The zero-order chi connectivity index (χ0) is 22.6. The van der Waals surface area contributed by atoms with Crippen LogP contribution in [-0.4, -0.2) is 74.3 Å². The Bertz CT molecular complexity index is 1030. The van der Waals surface area contributed by atoms with Crippen molar-refractivity contribution in [1.82, 2.24) is 14.1 Å². The molecule has 2 aliphatic rings. The first kappa shape index (κ1) is 23.0. The van der Waals surface area contributed by atoms with E-state index in [1.54, 1.807) is 4.90 Å². The number of halogens is 1. The molecule has 32 heavy (non-hydrogen) atoms. The molecule has 4 rings (SSSR count). The van der Waals surface area contributed by atoms with E-state index in [2.05, 4.69) is 17.0 Å². The minimum atomic E-state index is -3.54. The van der Waals surface area contributed by atoms with Crippen molar-refractivity contribution in [2.24, 2.45) is 0 Å². The molecule has 2 aromatic rings. The molecule has 0 unspecified atom stereocenters. The molecule has 0 spiro atoms. The van der Waals surface area contributed by atoms with Gasteiger partial charge in [0.05, 0.1) is 9.92 Å². The SMILES string of the molecule is O=C(COc1ccc(S(=O)(=O)N2CCCC2)cc1Cl)N1CCN(Cc2ccccc2)CC1. The molecule has 0 aliphatic carbocycles. The van der Waals surface area contributed by atoms with Crippen molar-refractivity contribution in [3.63, 3.8) is 0 Å².